The van der Waals surface area contributed by atoms with Crippen molar-refractivity contribution in [3.63, 3.8) is 0 Å². The van der Waals surface area contributed by atoms with E-state index in [1.807, 2.05) is 41.8 Å². The van der Waals surface area contributed by atoms with Crippen LogP contribution in [0.3, 0.4) is 0 Å². The summed E-state index contributed by atoms with van der Waals surface area (Å²) in [5.41, 5.74) is -0.0948. The molecular weight excluding hydrogens is 330 g/mol. The van der Waals surface area contributed by atoms with Crippen molar-refractivity contribution in [3.8, 4) is 0 Å². The molecule has 0 unspecified atom stereocenters. The van der Waals surface area contributed by atoms with Crippen molar-refractivity contribution >= 4 is 44.8 Å². The average Bonchev–Trinajstić information content (AvgIpc) is 3.23. The minimum absolute atomic E-state index is 0.199. The van der Waals surface area contributed by atoms with Crippen LogP contribution >= 0.6 is 22.7 Å². The molecule has 7 heteroatoms. The number of rotatable bonds is 3. The number of thiophene rings is 1. The zero-order valence-corrected chi connectivity index (χ0v) is 13.9. The van der Waals surface area contributed by atoms with Crippen molar-refractivity contribution in [2.24, 2.45) is 0 Å². The molecule has 3 heterocycles. The summed E-state index contributed by atoms with van der Waals surface area (Å²) in [6.07, 6.45) is 0. The monoisotopic (exact) mass is 343 g/mol. The van der Waals surface area contributed by atoms with Gasteiger partial charge in [-0.2, -0.15) is 0 Å². The fourth-order valence-corrected chi connectivity index (χ4v) is 4.48. The van der Waals surface area contributed by atoms with Gasteiger partial charge in [-0.3, -0.25) is 9.69 Å². The molecule has 3 aromatic rings. The van der Waals surface area contributed by atoms with Crippen molar-refractivity contribution in [1.82, 2.24) is 15.2 Å². The van der Waals surface area contributed by atoms with Gasteiger partial charge in [0.2, 0.25) is 0 Å². The third-order valence-electron chi connectivity index (χ3n) is 3.92. The Morgan fingerprint density at radius 3 is 2.78 bits per heavy atom. The number of imide groups is 1. The van der Waals surface area contributed by atoms with Gasteiger partial charge in [-0.05, 0) is 30.5 Å². The van der Waals surface area contributed by atoms with Gasteiger partial charge in [-0.15, -0.1) is 22.7 Å². The van der Waals surface area contributed by atoms with Crippen LogP contribution < -0.4 is 5.32 Å². The molecule has 116 valence electrons. The number of nitrogens with one attached hydrogen (secondary N) is 1. The fraction of sp³-hybridized carbons (Fsp3) is 0.188. The van der Waals surface area contributed by atoms with Crippen LogP contribution in [-0.4, -0.2) is 21.8 Å². The van der Waals surface area contributed by atoms with E-state index in [0.29, 0.717) is 0 Å². The van der Waals surface area contributed by atoms with E-state index in [1.54, 1.807) is 6.92 Å². The van der Waals surface area contributed by atoms with Crippen LogP contribution in [0.4, 0.5) is 4.79 Å². The number of carbonyl (C=O) groups excluding carboxylic acids is 2. The van der Waals surface area contributed by atoms with Gasteiger partial charge in [-0.1, -0.05) is 18.2 Å². The van der Waals surface area contributed by atoms with Crippen LogP contribution in [0.1, 0.15) is 16.8 Å². The maximum Gasteiger partial charge on any atom is 0.325 e. The minimum Gasteiger partial charge on any atom is -0.319 e. The summed E-state index contributed by atoms with van der Waals surface area (Å²) in [6.45, 7) is 1.95. The van der Waals surface area contributed by atoms with E-state index in [-0.39, 0.29) is 18.5 Å². The highest BCUT2D eigenvalue weighted by Gasteiger charge is 2.49. The van der Waals surface area contributed by atoms with E-state index in [9.17, 15) is 9.59 Å². The van der Waals surface area contributed by atoms with E-state index in [4.69, 9.17) is 0 Å². The van der Waals surface area contributed by atoms with Crippen molar-refractivity contribution < 1.29 is 9.59 Å². The van der Waals surface area contributed by atoms with Crippen molar-refractivity contribution in [2.45, 2.75) is 19.0 Å². The molecule has 0 spiro atoms. The van der Waals surface area contributed by atoms with E-state index >= 15 is 0 Å². The van der Waals surface area contributed by atoms with E-state index in [1.165, 1.54) is 27.6 Å². The molecule has 3 amide bonds. The Labute approximate surface area is 140 Å². The first-order valence-electron chi connectivity index (χ1n) is 7.10. The molecule has 2 aromatic heterocycles. The molecule has 1 aromatic carbocycles. The molecule has 0 bridgehead atoms. The fourth-order valence-electron chi connectivity index (χ4n) is 2.69. The summed E-state index contributed by atoms with van der Waals surface area (Å²) in [5.74, 6) is -0.232. The highest BCUT2D eigenvalue weighted by molar-refractivity contribution is 7.18. The summed E-state index contributed by atoms with van der Waals surface area (Å²) in [6, 6.07) is 11.2. The van der Waals surface area contributed by atoms with Crippen molar-refractivity contribution in [3.05, 3.63) is 51.7 Å². The molecule has 1 aliphatic rings. The second-order valence-electron chi connectivity index (χ2n) is 5.50. The lowest BCUT2D eigenvalue weighted by atomic mass is 10.0. The molecular formula is C16H13N3O2S2. The van der Waals surface area contributed by atoms with Gasteiger partial charge in [-0.25, -0.2) is 9.78 Å². The topological polar surface area (TPSA) is 62.3 Å². The maximum atomic E-state index is 12.8. The van der Waals surface area contributed by atoms with Crippen LogP contribution in [0.5, 0.6) is 0 Å². The molecule has 0 aliphatic carbocycles. The molecule has 1 atom stereocenters. The summed E-state index contributed by atoms with van der Waals surface area (Å²) < 4.78 is 1.05. The van der Waals surface area contributed by atoms with Gasteiger partial charge in [0.05, 0.1) is 16.8 Å². The smallest absolute Gasteiger partial charge is 0.319 e. The molecule has 1 fully saturated rings. The van der Waals surface area contributed by atoms with Gasteiger partial charge in [0.1, 0.15) is 5.01 Å². The highest BCUT2D eigenvalue weighted by atomic mass is 32.1. The van der Waals surface area contributed by atoms with Gasteiger partial charge >= 0.3 is 6.03 Å². The Balaban J connectivity index is 1.64. The predicted octanol–water partition coefficient (Wildman–Crippen LogP) is 3.33. The number of benzene rings is 1. The van der Waals surface area contributed by atoms with Gasteiger partial charge < -0.3 is 5.32 Å². The molecule has 4 rings (SSSR count). The number of nitrogens with zero attached hydrogens (tertiary/aromatic N) is 2. The first-order valence-corrected chi connectivity index (χ1v) is 8.80. The molecule has 23 heavy (non-hydrogen) atoms. The lowest BCUT2D eigenvalue weighted by Crippen LogP contribution is -2.40. The number of para-hydroxylation sites is 1. The largest absolute Gasteiger partial charge is 0.325 e. The number of hydrogen-bond acceptors (Lipinski definition) is 5. The zero-order chi connectivity index (χ0) is 16.0. The third-order valence-corrected chi connectivity index (χ3v) is 6.03. The van der Waals surface area contributed by atoms with E-state index in [2.05, 4.69) is 10.3 Å². The Kier molecular flexibility index (Phi) is 3.21. The molecule has 1 saturated heterocycles. The van der Waals surface area contributed by atoms with Crippen LogP contribution in [0.25, 0.3) is 10.2 Å². The Morgan fingerprint density at radius 2 is 2.04 bits per heavy atom. The van der Waals surface area contributed by atoms with Gasteiger partial charge in [0.25, 0.3) is 5.91 Å². The van der Waals surface area contributed by atoms with Crippen LogP contribution in [0.2, 0.25) is 0 Å². The number of aromatic nitrogens is 1. The first-order chi connectivity index (χ1) is 11.1. The van der Waals surface area contributed by atoms with Crippen LogP contribution in [0.15, 0.2) is 41.8 Å². The van der Waals surface area contributed by atoms with Gasteiger partial charge in [0.15, 0.2) is 5.54 Å². The van der Waals surface area contributed by atoms with Gasteiger partial charge in [0, 0.05) is 4.88 Å². The molecule has 1 N–H and O–H groups in total. The Bertz CT molecular complexity index is 870. The number of fused-ring (bicyclic) bond motifs is 1. The van der Waals surface area contributed by atoms with E-state index < -0.39 is 5.54 Å². The van der Waals surface area contributed by atoms with E-state index in [0.717, 1.165) is 20.1 Å². The molecule has 1 aliphatic heterocycles. The molecule has 5 nitrogen and oxygen atoms in total. The van der Waals surface area contributed by atoms with Crippen LogP contribution in [0, 0.1) is 0 Å². The Morgan fingerprint density at radius 1 is 1.22 bits per heavy atom. The summed E-state index contributed by atoms with van der Waals surface area (Å²) >= 11 is 2.97. The average molecular weight is 343 g/mol. The second-order valence-corrected chi connectivity index (χ2v) is 7.56. The normalized spacial score (nSPS) is 21.2. The highest BCUT2D eigenvalue weighted by Crippen LogP contribution is 2.33. The number of hydrogen-bond donors (Lipinski definition) is 1. The summed E-state index contributed by atoms with van der Waals surface area (Å²) in [7, 11) is 0. The van der Waals surface area contributed by atoms with Crippen LogP contribution in [-0.2, 0) is 16.9 Å². The number of thiazole rings is 1. The predicted molar refractivity (Wildman–Crippen MR) is 90.4 cm³/mol. The number of carbonyl (C=O) groups is 2. The quantitative estimate of drug-likeness (QED) is 0.742. The minimum atomic E-state index is -0.984. The summed E-state index contributed by atoms with van der Waals surface area (Å²) in [5, 5.41) is 5.47. The maximum absolute atomic E-state index is 12.8. The zero-order valence-electron chi connectivity index (χ0n) is 12.3. The number of urea groups is 1. The third kappa shape index (κ3) is 2.24. The second kappa shape index (κ2) is 5.14. The lowest BCUT2D eigenvalue weighted by molar-refractivity contribution is -0.131. The number of amides is 3. The molecule has 0 saturated carbocycles. The Hall–Kier alpha value is -2.25. The first kappa shape index (κ1) is 14.3. The lowest BCUT2D eigenvalue weighted by Gasteiger charge is -2.19. The molecule has 0 radical (unpaired) electrons. The van der Waals surface area contributed by atoms with Crippen molar-refractivity contribution in [1.29, 1.82) is 0 Å². The standard InChI is InChI=1S/C16H13N3O2S2/c1-16(12-7-4-8-22-12)14(20)19(15(21)18-16)9-13-17-10-5-2-3-6-11(10)23-13/h2-8H,9H2,1H3,(H,18,21)/t16-/m1/s1. The summed E-state index contributed by atoms with van der Waals surface area (Å²) in [4.78, 5) is 31.7. The SMILES string of the molecule is C[C@]1(c2cccs2)NC(=O)N(Cc2nc3ccccc3s2)C1=O. The van der Waals surface area contributed by atoms with Crippen molar-refractivity contribution in [2.75, 3.05) is 0 Å².